The van der Waals surface area contributed by atoms with E-state index >= 15 is 0 Å². The Labute approximate surface area is 161 Å². The lowest BCUT2D eigenvalue weighted by molar-refractivity contribution is -0.155. The molecule has 148 valence electrons. The van der Waals surface area contributed by atoms with Crippen LogP contribution in [-0.2, 0) is 20.9 Å². The number of rotatable bonds is 7. The van der Waals surface area contributed by atoms with Crippen molar-refractivity contribution in [1.29, 1.82) is 0 Å². The monoisotopic (exact) mass is 387 g/mol. The Morgan fingerprint density at radius 2 is 1.75 bits per heavy atom. The van der Waals surface area contributed by atoms with Gasteiger partial charge in [-0.05, 0) is 31.5 Å². The standard InChI is InChI=1S/C19H21N3O6/c1-12(21-17(24)15-9-6-10-27-15)18(25)28-13(2)16(23)22-19(26)20-11-14-7-4-3-5-8-14/h3-10,12-13H,11H2,1-2H3,(H,21,24)(H2,20,22,23,26)/t12-,13+/m0/s1. The number of carbonyl (C=O) groups excluding carboxylic acids is 4. The van der Waals surface area contributed by atoms with Crippen LogP contribution in [0.3, 0.4) is 0 Å². The zero-order valence-electron chi connectivity index (χ0n) is 15.4. The first kappa shape index (κ1) is 20.7. The van der Waals surface area contributed by atoms with Crippen LogP contribution in [0.1, 0.15) is 30.0 Å². The SMILES string of the molecule is C[C@H](NC(=O)c1ccco1)C(=O)O[C@H](C)C(=O)NC(=O)NCc1ccccc1. The van der Waals surface area contributed by atoms with Gasteiger partial charge in [0.15, 0.2) is 11.9 Å². The van der Waals surface area contributed by atoms with Gasteiger partial charge >= 0.3 is 12.0 Å². The molecule has 0 aliphatic heterocycles. The fourth-order valence-corrected chi connectivity index (χ4v) is 2.10. The molecule has 4 amide bonds. The lowest BCUT2D eigenvalue weighted by atomic mass is 10.2. The average Bonchev–Trinajstić information content (AvgIpc) is 3.22. The van der Waals surface area contributed by atoms with Crippen LogP contribution < -0.4 is 16.0 Å². The summed E-state index contributed by atoms with van der Waals surface area (Å²) in [4.78, 5) is 47.6. The predicted molar refractivity (Wildman–Crippen MR) is 98.0 cm³/mol. The van der Waals surface area contributed by atoms with E-state index in [1.807, 2.05) is 30.3 Å². The first-order chi connectivity index (χ1) is 13.4. The molecule has 0 saturated heterocycles. The highest BCUT2D eigenvalue weighted by Crippen LogP contribution is 2.02. The third-order valence-electron chi connectivity index (χ3n) is 3.64. The molecule has 9 heteroatoms. The Balaban J connectivity index is 1.75. The second kappa shape index (κ2) is 9.91. The smallest absolute Gasteiger partial charge is 0.329 e. The summed E-state index contributed by atoms with van der Waals surface area (Å²) in [6, 6.07) is 10.4. The van der Waals surface area contributed by atoms with Gasteiger partial charge in [-0.1, -0.05) is 30.3 Å². The fourth-order valence-electron chi connectivity index (χ4n) is 2.10. The Morgan fingerprint density at radius 3 is 2.39 bits per heavy atom. The van der Waals surface area contributed by atoms with E-state index in [0.29, 0.717) is 0 Å². The average molecular weight is 387 g/mol. The lowest BCUT2D eigenvalue weighted by Gasteiger charge is -2.17. The summed E-state index contributed by atoms with van der Waals surface area (Å²) in [5.74, 6) is -2.16. The van der Waals surface area contributed by atoms with Crippen LogP contribution in [-0.4, -0.2) is 36.0 Å². The van der Waals surface area contributed by atoms with Crippen molar-refractivity contribution in [3.05, 3.63) is 60.1 Å². The third-order valence-corrected chi connectivity index (χ3v) is 3.64. The van der Waals surface area contributed by atoms with E-state index in [1.54, 1.807) is 0 Å². The lowest BCUT2D eigenvalue weighted by Crippen LogP contribution is -2.46. The van der Waals surface area contributed by atoms with Crippen LogP contribution in [0.5, 0.6) is 0 Å². The number of esters is 1. The maximum atomic E-state index is 12.0. The minimum Gasteiger partial charge on any atom is -0.459 e. The van der Waals surface area contributed by atoms with Gasteiger partial charge in [0.05, 0.1) is 6.26 Å². The van der Waals surface area contributed by atoms with Crippen molar-refractivity contribution in [2.24, 2.45) is 0 Å². The van der Waals surface area contributed by atoms with Gasteiger partial charge in [-0.25, -0.2) is 9.59 Å². The Morgan fingerprint density at radius 1 is 1.04 bits per heavy atom. The largest absolute Gasteiger partial charge is 0.459 e. The summed E-state index contributed by atoms with van der Waals surface area (Å²) in [6.45, 7) is 2.96. The number of ether oxygens (including phenoxy) is 1. The van der Waals surface area contributed by atoms with Gasteiger partial charge in [-0.15, -0.1) is 0 Å². The number of imide groups is 1. The van der Waals surface area contributed by atoms with Gasteiger partial charge in [0.25, 0.3) is 11.8 Å². The topological polar surface area (TPSA) is 127 Å². The molecule has 0 fully saturated rings. The molecule has 0 bridgehead atoms. The van der Waals surface area contributed by atoms with Crippen molar-refractivity contribution in [3.8, 4) is 0 Å². The minimum absolute atomic E-state index is 0.0422. The highest BCUT2D eigenvalue weighted by molar-refractivity contribution is 5.98. The first-order valence-electron chi connectivity index (χ1n) is 8.54. The molecule has 0 unspecified atom stereocenters. The van der Waals surface area contributed by atoms with E-state index in [9.17, 15) is 19.2 Å². The van der Waals surface area contributed by atoms with Gasteiger partial charge in [-0.2, -0.15) is 0 Å². The molecule has 0 spiro atoms. The van der Waals surface area contributed by atoms with Crippen molar-refractivity contribution < 1.29 is 28.3 Å². The fraction of sp³-hybridized carbons (Fsp3) is 0.263. The number of hydrogen-bond acceptors (Lipinski definition) is 6. The van der Waals surface area contributed by atoms with E-state index in [0.717, 1.165) is 5.56 Å². The van der Waals surface area contributed by atoms with Crippen molar-refractivity contribution in [1.82, 2.24) is 16.0 Å². The molecule has 0 radical (unpaired) electrons. The van der Waals surface area contributed by atoms with Crippen LogP contribution in [0.15, 0.2) is 53.1 Å². The molecule has 0 saturated carbocycles. The second-order valence-corrected chi connectivity index (χ2v) is 5.91. The van der Waals surface area contributed by atoms with E-state index in [2.05, 4.69) is 16.0 Å². The number of carbonyl (C=O) groups is 4. The van der Waals surface area contributed by atoms with Gasteiger partial charge in [0.2, 0.25) is 0 Å². The summed E-state index contributed by atoms with van der Waals surface area (Å²) < 4.78 is 9.90. The summed E-state index contributed by atoms with van der Waals surface area (Å²) in [5, 5.41) is 7.00. The molecular weight excluding hydrogens is 366 g/mol. The maximum absolute atomic E-state index is 12.0. The van der Waals surface area contributed by atoms with Crippen LogP contribution in [0.4, 0.5) is 4.79 Å². The Bertz CT molecular complexity index is 819. The molecule has 0 aliphatic carbocycles. The van der Waals surface area contributed by atoms with Crippen LogP contribution >= 0.6 is 0 Å². The highest BCUT2D eigenvalue weighted by Gasteiger charge is 2.25. The van der Waals surface area contributed by atoms with Crippen LogP contribution in [0, 0.1) is 0 Å². The normalized spacial score (nSPS) is 12.4. The predicted octanol–water partition coefficient (Wildman–Crippen LogP) is 1.36. The summed E-state index contributed by atoms with van der Waals surface area (Å²) >= 11 is 0. The molecule has 1 aromatic heterocycles. The Hall–Kier alpha value is -3.62. The summed E-state index contributed by atoms with van der Waals surface area (Å²) in [7, 11) is 0. The van der Waals surface area contributed by atoms with Gasteiger partial charge in [0.1, 0.15) is 6.04 Å². The highest BCUT2D eigenvalue weighted by atomic mass is 16.5. The van der Waals surface area contributed by atoms with Crippen molar-refractivity contribution in [2.75, 3.05) is 0 Å². The number of benzene rings is 1. The number of nitrogens with one attached hydrogen (secondary N) is 3. The molecule has 28 heavy (non-hydrogen) atoms. The second-order valence-electron chi connectivity index (χ2n) is 5.91. The molecule has 1 heterocycles. The zero-order chi connectivity index (χ0) is 20.5. The van der Waals surface area contributed by atoms with Crippen LogP contribution in [0.25, 0.3) is 0 Å². The number of hydrogen-bond donors (Lipinski definition) is 3. The molecular formula is C19H21N3O6. The van der Waals surface area contributed by atoms with Gasteiger partial charge < -0.3 is 19.8 Å². The first-order valence-corrected chi connectivity index (χ1v) is 8.54. The van der Waals surface area contributed by atoms with E-state index in [1.165, 1.54) is 32.2 Å². The van der Waals surface area contributed by atoms with E-state index < -0.39 is 36.0 Å². The van der Waals surface area contributed by atoms with Crippen molar-refractivity contribution in [2.45, 2.75) is 32.5 Å². The maximum Gasteiger partial charge on any atom is 0.329 e. The molecule has 9 nitrogen and oxygen atoms in total. The zero-order valence-corrected chi connectivity index (χ0v) is 15.4. The van der Waals surface area contributed by atoms with Gasteiger partial charge in [0, 0.05) is 6.54 Å². The number of furan rings is 1. The van der Waals surface area contributed by atoms with E-state index in [4.69, 9.17) is 9.15 Å². The minimum atomic E-state index is -1.22. The molecule has 2 rings (SSSR count). The van der Waals surface area contributed by atoms with E-state index in [-0.39, 0.29) is 12.3 Å². The Kier molecular flexibility index (Phi) is 7.32. The number of amides is 4. The molecule has 2 aromatic rings. The molecule has 1 aromatic carbocycles. The third kappa shape index (κ3) is 6.27. The summed E-state index contributed by atoms with van der Waals surface area (Å²) in [6.07, 6.45) is 0.102. The van der Waals surface area contributed by atoms with Crippen LogP contribution in [0.2, 0.25) is 0 Å². The quantitative estimate of drug-likeness (QED) is 0.616. The van der Waals surface area contributed by atoms with Gasteiger partial charge in [-0.3, -0.25) is 14.9 Å². The molecule has 2 atom stereocenters. The van der Waals surface area contributed by atoms with Crippen molar-refractivity contribution in [3.63, 3.8) is 0 Å². The molecule has 3 N–H and O–H groups in total. The molecule has 0 aliphatic rings. The van der Waals surface area contributed by atoms with Crippen molar-refractivity contribution >= 4 is 23.8 Å². The number of urea groups is 1. The summed E-state index contributed by atoms with van der Waals surface area (Å²) in [5.41, 5.74) is 0.866.